The molecule has 0 radical (unpaired) electrons. The lowest BCUT2D eigenvalue weighted by molar-refractivity contribution is 0.187. The number of carbonyl (C=O) groups is 1. The van der Waals surface area contributed by atoms with E-state index in [1.54, 1.807) is 18.6 Å². The van der Waals surface area contributed by atoms with Crippen LogP contribution < -0.4 is 5.32 Å². The van der Waals surface area contributed by atoms with E-state index in [4.69, 9.17) is 11.6 Å². The number of hydrogen-bond acceptors (Lipinski definition) is 5. The highest BCUT2D eigenvalue weighted by molar-refractivity contribution is 7.19. The van der Waals surface area contributed by atoms with Crippen molar-refractivity contribution in [3.8, 4) is 21.6 Å². The van der Waals surface area contributed by atoms with Crippen molar-refractivity contribution in [2.24, 2.45) is 0 Å². The molecule has 0 aliphatic rings. The maximum Gasteiger partial charge on any atom is 0.413 e. The average molecular weight is 346 g/mol. The number of carbonyl (C=O) groups excluding carboxylic acids is 1. The summed E-state index contributed by atoms with van der Waals surface area (Å²) in [6, 6.07) is 9.48. The van der Waals surface area contributed by atoms with Crippen molar-refractivity contribution in [2.75, 3.05) is 12.4 Å². The molecule has 0 aliphatic heterocycles. The standard InChI is InChI=1S/C16H12ClN3O2S/c1-22-16(21)20-15-19-9-14(23-15)11-6-7-18-8-12(11)10-4-2-3-5-13(10)17/h2-9H,1H3,(H,19,20,21). The number of aromatic nitrogens is 2. The minimum absolute atomic E-state index is 0.466. The highest BCUT2D eigenvalue weighted by Crippen LogP contribution is 2.38. The second-order valence-electron chi connectivity index (χ2n) is 4.55. The minimum Gasteiger partial charge on any atom is -0.453 e. The van der Waals surface area contributed by atoms with Crippen molar-refractivity contribution in [3.63, 3.8) is 0 Å². The number of ether oxygens (including phenoxy) is 1. The first-order valence-electron chi connectivity index (χ1n) is 6.69. The number of methoxy groups -OCH3 is 1. The van der Waals surface area contributed by atoms with E-state index in [-0.39, 0.29) is 0 Å². The molecule has 0 fully saturated rings. The Balaban J connectivity index is 2.02. The summed E-state index contributed by atoms with van der Waals surface area (Å²) in [6.07, 6.45) is 4.63. The van der Waals surface area contributed by atoms with E-state index >= 15 is 0 Å². The molecule has 23 heavy (non-hydrogen) atoms. The molecule has 0 saturated heterocycles. The Kier molecular flexibility index (Phi) is 4.55. The van der Waals surface area contributed by atoms with Gasteiger partial charge in [0.05, 0.1) is 12.0 Å². The third kappa shape index (κ3) is 3.33. The Morgan fingerprint density at radius 2 is 2.00 bits per heavy atom. The molecule has 7 heteroatoms. The average Bonchev–Trinajstić information content (AvgIpc) is 3.03. The molecule has 3 rings (SSSR count). The van der Waals surface area contributed by atoms with Crippen LogP contribution in [0.5, 0.6) is 0 Å². The predicted octanol–water partition coefficient (Wildman–Crippen LogP) is 4.70. The summed E-state index contributed by atoms with van der Waals surface area (Å²) in [7, 11) is 1.31. The Morgan fingerprint density at radius 1 is 1.17 bits per heavy atom. The van der Waals surface area contributed by atoms with Crippen molar-refractivity contribution in [3.05, 3.63) is 53.9 Å². The van der Waals surface area contributed by atoms with Gasteiger partial charge in [0.1, 0.15) is 0 Å². The fourth-order valence-corrected chi connectivity index (χ4v) is 3.18. The molecule has 2 heterocycles. The number of hydrogen-bond donors (Lipinski definition) is 1. The number of benzene rings is 1. The first-order chi connectivity index (χ1) is 11.2. The SMILES string of the molecule is COC(=O)Nc1ncc(-c2ccncc2-c2ccccc2Cl)s1. The Morgan fingerprint density at radius 3 is 2.78 bits per heavy atom. The minimum atomic E-state index is -0.549. The Labute approximate surface area is 141 Å². The number of halogens is 1. The summed E-state index contributed by atoms with van der Waals surface area (Å²) in [6.45, 7) is 0. The van der Waals surface area contributed by atoms with Gasteiger partial charge in [-0.25, -0.2) is 9.78 Å². The highest BCUT2D eigenvalue weighted by Gasteiger charge is 2.13. The zero-order chi connectivity index (χ0) is 16.2. The van der Waals surface area contributed by atoms with Gasteiger partial charge in [-0.3, -0.25) is 10.3 Å². The lowest BCUT2D eigenvalue weighted by atomic mass is 10.0. The summed E-state index contributed by atoms with van der Waals surface area (Å²) in [5.74, 6) is 0. The quantitative estimate of drug-likeness (QED) is 0.747. The number of thiazole rings is 1. The van der Waals surface area contributed by atoms with Crippen molar-refractivity contribution in [2.45, 2.75) is 0 Å². The zero-order valence-corrected chi connectivity index (χ0v) is 13.7. The molecular formula is C16H12ClN3O2S. The first kappa shape index (κ1) is 15.5. The molecule has 0 unspecified atom stereocenters. The number of rotatable bonds is 3. The van der Waals surface area contributed by atoms with Gasteiger partial charge in [0.15, 0.2) is 5.13 Å². The Hall–Kier alpha value is -2.44. The molecule has 0 spiro atoms. The second kappa shape index (κ2) is 6.76. The molecule has 1 N–H and O–H groups in total. The maximum absolute atomic E-state index is 11.3. The van der Waals surface area contributed by atoms with Crippen LogP contribution in [0.1, 0.15) is 0 Å². The lowest BCUT2D eigenvalue weighted by Crippen LogP contribution is -2.10. The van der Waals surface area contributed by atoms with E-state index in [1.807, 2.05) is 30.3 Å². The molecule has 116 valence electrons. The van der Waals surface area contributed by atoms with Crippen LogP contribution in [0.2, 0.25) is 5.02 Å². The summed E-state index contributed by atoms with van der Waals surface area (Å²) in [5, 5.41) is 3.68. The van der Waals surface area contributed by atoms with E-state index in [1.165, 1.54) is 18.4 Å². The summed E-state index contributed by atoms with van der Waals surface area (Å²) in [4.78, 5) is 20.5. The summed E-state index contributed by atoms with van der Waals surface area (Å²) in [5.41, 5.74) is 2.75. The second-order valence-corrected chi connectivity index (χ2v) is 5.99. The number of pyridine rings is 1. The van der Waals surface area contributed by atoms with Crippen LogP contribution in [0.3, 0.4) is 0 Å². The van der Waals surface area contributed by atoms with Crippen molar-refractivity contribution < 1.29 is 9.53 Å². The van der Waals surface area contributed by atoms with Crippen LogP contribution in [-0.4, -0.2) is 23.2 Å². The normalized spacial score (nSPS) is 10.3. The van der Waals surface area contributed by atoms with Crippen molar-refractivity contribution in [1.29, 1.82) is 0 Å². The molecule has 0 aliphatic carbocycles. The van der Waals surface area contributed by atoms with E-state index in [0.29, 0.717) is 10.2 Å². The fourth-order valence-electron chi connectivity index (χ4n) is 2.10. The topological polar surface area (TPSA) is 64.1 Å². The van der Waals surface area contributed by atoms with E-state index < -0.39 is 6.09 Å². The van der Waals surface area contributed by atoms with Crippen LogP contribution in [0.4, 0.5) is 9.93 Å². The molecule has 5 nitrogen and oxygen atoms in total. The number of anilines is 1. The summed E-state index contributed by atoms with van der Waals surface area (Å²) < 4.78 is 4.57. The predicted molar refractivity (Wildman–Crippen MR) is 91.8 cm³/mol. The van der Waals surface area contributed by atoms with Crippen molar-refractivity contribution >= 4 is 34.2 Å². The number of nitrogens with zero attached hydrogens (tertiary/aromatic N) is 2. The molecule has 3 aromatic rings. The molecular weight excluding hydrogens is 334 g/mol. The molecule has 0 atom stereocenters. The summed E-state index contributed by atoms with van der Waals surface area (Å²) >= 11 is 7.65. The van der Waals surface area contributed by atoms with Gasteiger partial charge in [0.2, 0.25) is 0 Å². The maximum atomic E-state index is 11.3. The van der Waals surface area contributed by atoms with Gasteiger partial charge in [-0.05, 0) is 12.1 Å². The van der Waals surface area contributed by atoms with Crippen molar-refractivity contribution in [1.82, 2.24) is 9.97 Å². The molecule has 0 bridgehead atoms. The lowest BCUT2D eigenvalue weighted by Gasteiger charge is -2.08. The van der Waals surface area contributed by atoms with Crippen LogP contribution in [0, 0.1) is 0 Å². The smallest absolute Gasteiger partial charge is 0.413 e. The van der Waals surface area contributed by atoms with E-state index in [9.17, 15) is 4.79 Å². The van der Waals surface area contributed by atoms with E-state index in [2.05, 4.69) is 20.0 Å². The monoisotopic (exact) mass is 345 g/mol. The van der Waals surface area contributed by atoms with Crippen LogP contribution in [-0.2, 0) is 4.74 Å². The van der Waals surface area contributed by atoms with Crippen LogP contribution in [0.15, 0.2) is 48.9 Å². The fraction of sp³-hybridized carbons (Fsp3) is 0.0625. The van der Waals surface area contributed by atoms with Gasteiger partial charge in [-0.1, -0.05) is 41.1 Å². The highest BCUT2D eigenvalue weighted by atomic mass is 35.5. The van der Waals surface area contributed by atoms with Crippen LogP contribution >= 0.6 is 22.9 Å². The largest absolute Gasteiger partial charge is 0.453 e. The third-order valence-corrected chi connectivity index (χ3v) is 4.43. The Bertz CT molecular complexity index is 851. The number of amides is 1. The van der Waals surface area contributed by atoms with Gasteiger partial charge in [-0.2, -0.15) is 0 Å². The molecule has 0 saturated carbocycles. The molecule has 1 aromatic carbocycles. The van der Waals surface area contributed by atoms with Gasteiger partial charge in [-0.15, -0.1) is 0 Å². The number of nitrogens with one attached hydrogen (secondary N) is 1. The van der Waals surface area contributed by atoms with Gasteiger partial charge < -0.3 is 4.74 Å². The van der Waals surface area contributed by atoms with Crippen LogP contribution in [0.25, 0.3) is 21.6 Å². The zero-order valence-electron chi connectivity index (χ0n) is 12.1. The first-order valence-corrected chi connectivity index (χ1v) is 7.88. The van der Waals surface area contributed by atoms with Gasteiger partial charge in [0.25, 0.3) is 0 Å². The van der Waals surface area contributed by atoms with E-state index in [0.717, 1.165) is 21.6 Å². The molecule has 1 amide bonds. The van der Waals surface area contributed by atoms with Gasteiger partial charge in [0, 0.05) is 40.3 Å². The van der Waals surface area contributed by atoms with Gasteiger partial charge >= 0.3 is 6.09 Å². The third-order valence-electron chi connectivity index (χ3n) is 3.15. The molecule has 2 aromatic heterocycles.